The van der Waals surface area contributed by atoms with E-state index in [9.17, 15) is 4.79 Å². The molecule has 0 spiro atoms. The summed E-state index contributed by atoms with van der Waals surface area (Å²) in [5.41, 5.74) is 0.965. The first-order chi connectivity index (χ1) is 12.2. The van der Waals surface area contributed by atoms with Crippen molar-refractivity contribution in [1.82, 2.24) is 9.97 Å². The molecule has 0 saturated carbocycles. The van der Waals surface area contributed by atoms with Crippen LogP contribution in [0.1, 0.15) is 29.6 Å². The van der Waals surface area contributed by atoms with E-state index >= 15 is 0 Å². The molecule has 7 heteroatoms. The van der Waals surface area contributed by atoms with Crippen LogP contribution in [0.15, 0.2) is 30.6 Å². The van der Waals surface area contributed by atoms with Crippen LogP contribution in [-0.2, 0) is 0 Å². The minimum Gasteiger partial charge on any atom is -0.497 e. The van der Waals surface area contributed by atoms with E-state index in [-0.39, 0.29) is 5.91 Å². The Morgan fingerprint density at radius 1 is 1.08 bits per heavy atom. The molecule has 3 rings (SSSR count). The van der Waals surface area contributed by atoms with Crippen LogP contribution in [0.2, 0.25) is 0 Å². The SMILES string of the molecule is COc1ccc(NC(=O)c2cnc(N3CCCCC3)nc2)c(OC)c1. The van der Waals surface area contributed by atoms with Gasteiger partial charge in [-0.2, -0.15) is 0 Å². The Labute approximate surface area is 147 Å². The van der Waals surface area contributed by atoms with Crippen LogP contribution < -0.4 is 19.7 Å². The standard InChI is InChI=1S/C18H22N4O3/c1-24-14-6-7-15(16(10-14)25-2)21-17(23)13-11-19-18(20-12-13)22-8-4-3-5-9-22/h6-7,10-12H,3-5,8-9H2,1-2H3,(H,21,23). The van der Waals surface area contributed by atoms with E-state index in [1.54, 1.807) is 44.8 Å². The van der Waals surface area contributed by atoms with Crippen molar-refractivity contribution in [3.05, 3.63) is 36.2 Å². The summed E-state index contributed by atoms with van der Waals surface area (Å²) in [5, 5.41) is 2.81. The number of hydrogen-bond acceptors (Lipinski definition) is 6. The summed E-state index contributed by atoms with van der Waals surface area (Å²) in [4.78, 5) is 23.3. The van der Waals surface area contributed by atoms with Crippen molar-refractivity contribution < 1.29 is 14.3 Å². The van der Waals surface area contributed by atoms with Crippen molar-refractivity contribution in [1.29, 1.82) is 0 Å². The molecule has 0 unspecified atom stereocenters. The number of amides is 1. The number of nitrogens with one attached hydrogen (secondary N) is 1. The van der Waals surface area contributed by atoms with Gasteiger partial charge in [-0.3, -0.25) is 4.79 Å². The molecule has 25 heavy (non-hydrogen) atoms. The van der Waals surface area contributed by atoms with Gasteiger partial charge in [0.1, 0.15) is 11.5 Å². The van der Waals surface area contributed by atoms with Gasteiger partial charge in [0.25, 0.3) is 5.91 Å². The van der Waals surface area contributed by atoms with Gasteiger partial charge in [-0.15, -0.1) is 0 Å². The Hall–Kier alpha value is -2.83. The molecule has 1 saturated heterocycles. The van der Waals surface area contributed by atoms with Gasteiger partial charge >= 0.3 is 0 Å². The molecule has 1 aromatic carbocycles. The quantitative estimate of drug-likeness (QED) is 0.900. The molecule has 0 atom stereocenters. The number of aromatic nitrogens is 2. The first-order valence-corrected chi connectivity index (χ1v) is 8.31. The lowest BCUT2D eigenvalue weighted by Gasteiger charge is -2.26. The Bertz CT molecular complexity index is 728. The molecule has 0 radical (unpaired) electrons. The monoisotopic (exact) mass is 342 g/mol. The first-order valence-electron chi connectivity index (χ1n) is 8.31. The van der Waals surface area contributed by atoms with Gasteiger partial charge in [0.2, 0.25) is 5.95 Å². The number of anilines is 2. The smallest absolute Gasteiger partial charge is 0.258 e. The molecule has 2 heterocycles. The average molecular weight is 342 g/mol. The molecule has 0 aliphatic carbocycles. The number of ether oxygens (including phenoxy) is 2. The molecule has 2 aromatic rings. The van der Waals surface area contributed by atoms with E-state index in [0.717, 1.165) is 25.9 Å². The van der Waals surface area contributed by atoms with E-state index in [1.807, 2.05) is 0 Å². The second-order valence-corrected chi connectivity index (χ2v) is 5.84. The Morgan fingerprint density at radius 2 is 1.80 bits per heavy atom. The minimum atomic E-state index is -0.284. The summed E-state index contributed by atoms with van der Waals surface area (Å²) in [6.45, 7) is 1.93. The lowest BCUT2D eigenvalue weighted by Crippen LogP contribution is -2.31. The Morgan fingerprint density at radius 3 is 2.44 bits per heavy atom. The Balaban J connectivity index is 1.71. The van der Waals surface area contributed by atoms with E-state index in [1.165, 1.54) is 6.42 Å². The Kier molecular flexibility index (Phi) is 5.33. The number of carbonyl (C=O) groups is 1. The number of rotatable bonds is 5. The van der Waals surface area contributed by atoms with Crippen LogP contribution >= 0.6 is 0 Å². The van der Waals surface area contributed by atoms with Gasteiger partial charge in [-0.05, 0) is 31.4 Å². The maximum absolute atomic E-state index is 12.4. The fourth-order valence-electron chi connectivity index (χ4n) is 2.79. The van der Waals surface area contributed by atoms with Crippen LogP contribution in [0.3, 0.4) is 0 Å². The molecule has 1 aliphatic rings. The third-order valence-corrected chi connectivity index (χ3v) is 4.20. The molecule has 132 valence electrons. The predicted molar refractivity (Wildman–Crippen MR) is 95.6 cm³/mol. The normalized spacial score (nSPS) is 14.1. The average Bonchev–Trinajstić information content (AvgIpc) is 2.69. The number of benzene rings is 1. The van der Waals surface area contributed by atoms with Gasteiger partial charge in [-0.25, -0.2) is 9.97 Å². The molecular weight excluding hydrogens is 320 g/mol. The van der Waals surface area contributed by atoms with Crippen LogP contribution in [0.25, 0.3) is 0 Å². The van der Waals surface area contributed by atoms with Crippen LogP contribution in [0.4, 0.5) is 11.6 Å². The van der Waals surface area contributed by atoms with Gasteiger partial charge in [0.15, 0.2) is 0 Å². The highest BCUT2D eigenvalue weighted by Gasteiger charge is 2.15. The highest BCUT2D eigenvalue weighted by Crippen LogP contribution is 2.29. The summed E-state index contributed by atoms with van der Waals surface area (Å²) in [5.74, 6) is 1.58. The van der Waals surface area contributed by atoms with Crippen molar-refractivity contribution in [3.8, 4) is 11.5 Å². The zero-order valence-corrected chi connectivity index (χ0v) is 14.5. The number of hydrogen-bond donors (Lipinski definition) is 1. The molecule has 1 aromatic heterocycles. The highest BCUT2D eigenvalue weighted by atomic mass is 16.5. The van der Waals surface area contributed by atoms with Crippen molar-refractivity contribution in [3.63, 3.8) is 0 Å². The summed E-state index contributed by atoms with van der Waals surface area (Å²) >= 11 is 0. The van der Waals surface area contributed by atoms with Crippen LogP contribution in [0.5, 0.6) is 11.5 Å². The molecule has 7 nitrogen and oxygen atoms in total. The van der Waals surface area contributed by atoms with E-state index in [2.05, 4.69) is 20.2 Å². The largest absolute Gasteiger partial charge is 0.497 e. The molecule has 1 amide bonds. The predicted octanol–water partition coefficient (Wildman–Crippen LogP) is 2.74. The second-order valence-electron chi connectivity index (χ2n) is 5.84. The zero-order chi connectivity index (χ0) is 17.6. The third-order valence-electron chi connectivity index (χ3n) is 4.20. The maximum atomic E-state index is 12.4. The molecule has 1 fully saturated rings. The van der Waals surface area contributed by atoms with Gasteiger partial charge < -0.3 is 19.7 Å². The number of carbonyl (C=O) groups excluding carboxylic acids is 1. The van der Waals surface area contributed by atoms with Crippen LogP contribution in [-0.4, -0.2) is 43.2 Å². The van der Waals surface area contributed by atoms with Gasteiger partial charge in [0, 0.05) is 31.5 Å². The summed E-state index contributed by atoms with van der Waals surface area (Å²) in [6, 6.07) is 5.21. The fraction of sp³-hybridized carbons (Fsp3) is 0.389. The minimum absolute atomic E-state index is 0.284. The summed E-state index contributed by atoms with van der Waals surface area (Å²) < 4.78 is 10.4. The van der Waals surface area contributed by atoms with Crippen LogP contribution in [0, 0.1) is 0 Å². The van der Waals surface area contributed by atoms with Crippen molar-refractivity contribution in [2.45, 2.75) is 19.3 Å². The summed E-state index contributed by atoms with van der Waals surface area (Å²) in [7, 11) is 3.12. The molecular formula is C18H22N4O3. The number of nitrogens with zero attached hydrogens (tertiary/aromatic N) is 3. The summed E-state index contributed by atoms with van der Waals surface area (Å²) in [6.07, 6.45) is 6.68. The lowest BCUT2D eigenvalue weighted by atomic mass is 10.1. The number of piperidine rings is 1. The number of methoxy groups -OCH3 is 2. The van der Waals surface area contributed by atoms with E-state index in [4.69, 9.17) is 9.47 Å². The molecule has 0 bridgehead atoms. The fourth-order valence-corrected chi connectivity index (χ4v) is 2.79. The topological polar surface area (TPSA) is 76.6 Å². The molecule has 1 N–H and O–H groups in total. The zero-order valence-electron chi connectivity index (χ0n) is 14.5. The molecule has 1 aliphatic heterocycles. The highest BCUT2D eigenvalue weighted by molar-refractivity contribution is 6.04. The maximum Gasteiger partial charge on any atom is 0.258 e. The van der Waals surface area contributed by atoms with Crippen molar-refractivity contribution in [2.24, 2.45) is 0 Å². The van der Waals surface area contributed by atoms with E-state index < -0.39 is 0 Å². The first kappa shape index (κ1) is 17.0. The van der Waals surface area contributed by atoms with Crippen molar-refractivity contribution >= 4 is 17.5 Å². The van der Waals surface area contributed by atoms with E-state index in [0.29, 0.717) is 28.7 Å². The van der Waals surface area contributed by atoms with Crippen molar-refractivity contribution in [2.75, 3.05) is 37.5 Å². The van der Waals surface area contributed by atoms with Gasteiger partial charge in [-0.1, -0.05) is 0 Å². The lowest BCUT2D eigenvalue weighted by molar-refractivity contribution is 0.102. The third kappa shape index (κ3) is 3.99. The van der Waals surface area contributed by atoms with Gasteiger partial charge in [0.05, 0.1) is 25.5 Å². The second kappa shape index (κ2) is 7.83.